The molecule has 1 aromatic rings. The van der Waals surface area contributed by atoms with Crippen molar-refractivity contribution in [3.63, 3.8) is 0 Å². The second kappa shape index (κ2) is 6.59. The van der Waals surface area contributed by atoms with Crippen LogP contribution in [0.4, 0.5) is 4.79 Å². The molecule has 1 saturated carbocycles. The van der Waals surface area contributed by atoms with E-state index in [9.17, 15) is 4.79 Å². The maximum Gasteiger partial charge on any atom is 0.422 e. The van der Waals surface area contributed by atoms with Crippen LogP contribution in [0.5, 0.6) is 0 Å². The molecular weight excluding hydrogens is 272 g/mol. The first-order chi connectivity index (χ1) is 9.46. The molecule has 20 heavy (non-hydrogen) atoms. The molecule has 0 saturated heterocycles. The summed E-state index contributed by atoms with van der Waals surface area (Å²) in [6.07, 6.45) is 4.57. The Morgan fingerprint density at radius 1 is 1.40 bits per heavy atom. The van der Waals surface area contributed by atoms with Crippen LogP contribution < -0.4 is 10.9 Å². The Balaban J connectivity index is 1.93. The average molecular weight is 296 g/mol. The zero-order valence-corrected chi connectivity index (χ0v) is 13.3. The van der Waals surface area contributed by atoms with Crippen LogP contribution in [0.15, 0.2) is 17.5 Å². The first kappa shape index (κ1) is 15.3. The van der Waals surface area contributed by atoms with Crippen LogP contribution >= 0.6 is 11.3 Å². The predicted molar refractivity (Wildman–Crippen MR) is 81.5 cm³/mol. The van der Waals surface area contributed by atoms with Gasteiger partial charge in [-0.3, -0.25) is 5.43 Å². The highest BCUT2D eigenvalue weighted by Gasteiger charge is 2.27. The molecule has 4 nitrogen and oxygen atoms in total. The summed E-state index contributed by atoms with van der Waals surface area (Å²) in [6.45, 7) is 5.58. The standard InChI is InChI=1S/C15H24N2O2S/c1-15(2,3)19-14(18)17-16-13(11-7-4-5-8-11)12-9-6-10-20-12/h6,9-11,13,16H,4-5,7-8H2,1-3H3,(H,17,18). The van der Waals surface area contributed by atoms with E-state index in [-0.39, 0.29) is 6.04 Å². The SMILES string of the molecule is CC(C)(C)OC(=O)NNC(c1cccs1)C1CCCC1. The fourth-order valence-corrected chi connectivity index (χ4v) is 3.49. The quantitative estimate of drug-likeness (QED) is 0.825. The molecule has 1 aliphatic rings. The zero-order valence-electron chi connectivity index (χ0n) is 12.4. The van der Waals surface area contributed by atoms with E-state index >= 15 is 0 Å². The number of carbonyl (C=O) groups excluding carboxylic acids is 1. The molecule has 112 valence electrons. The van der Waals surface area contributed by atoms with E-state index in [1.807, 2.05) is 20.8 Å². The van der Waals surface area contributed by atoms with Crippen molar-refractivity contribution < 1.29 is 9.53 Å². The third kappa shape index (κ3) is 4.49. The van der Waals surface area contributed by atoms with Crippen LogP contribution in [0.2, 0.25) is 0 Å². The Labute approximate surface area is 124 Å². The van der Waals surface area contributed by atoms with E-state index in [0.29, 0.717) is 5.92 Å². The Hall–Kier alpha value is -1.07. The van der Waals surface area contributed by atoms with Crippen molar-refractivity contribution in [2.45, 2.75) is 58.1 Å². The highest BCUT2D eigenvalue weighted by Crippen LogP contribution is 2.36. The van der Waals surface area contributed by atoms with Crippen LogP contribution in [0.3, 0.4) is 0 Å². The van der Waals surface area contributed by atoms with E-state index in [2.05, 4.69) is 28.4 Å². The van der Waals surface area contributed by atoms with Crippen LogP contribution in [-0.4, -0.2) is 11.7 Å². The molecule has 1 fully saturated rings. The average Bonchev–Trinajstić information content (AvgIpc) is 2.98. The van der Waals surface area contributed by atoms with E-state index in [0.717, 1.165) is 0 Å². The molecule has 1 atom stereocenters. The number of thiophene rings is 1. The van der Waals surface area contributed by atoms with Crippen molar-refractivity contribution in [3.05, 3.63) is 22.4 Å². The normalized spacial score (nSPS) is 17.9. The lowest BCUT2D eigenvalue weighted by Gasteiger charge is -2.25. The van der Waals surface area contributed by atoms with Crippen LogP contribution in [0, 0.1) is 5.92 Å². The topological polar surface area (TPSA) is 50.4 Å². The minimum Gasteiger partial charge on any atom is -0.443 e. The minimum atomic E-state index is -0.475. The summed E-state index contributed by atoms with van der Waals surface area (Å²) in [5.41, 5.74) is 5.40. The van der Waals surface area contributed by atoms with E-state index in [1.165, 1.54) is 30.6 Å². The van der Waals surface area contributed by atoms with Crippen molar-refractivity contribution in [2.24, 2.45) is 5.92 Å². The lowest BCUT2D eigenvalue weighted by atomic mass is 9.97. The number of hydrogen-bond donors (Lipinski definition) is 2. The predicted octanol–water partition coefficient (Wildman–Crippen LogP) is 4.01. The molecule has 1 aromatic heterocycles. The number of hydrazine groups is 1. The van der Waals surface area contributed by atoms with Gasteiger partial charge in [-0.05, 0) is 51.0 Å². The highest BCUT2D eigenvalue weighted by molar-refractivity contribution is 7.10. The van der Waals surface area contributed by atoms with Crippen LogP contribution in [-0.2, 0) is 4.74 Å². The van der Waals surface area contributed by atoms with Gasteiger partial charge < -0.3 is 4.74 Å². The van der Waals surface area contributed by atoms with E-state index < -0.39 is 11.7 Å². The fraction of sp³-hybridized carbons (Fsp3) is 0.667. The van der Waals surface area contributed by atoms with Crippen LogP contribution in [0.1, 0.15) is 57.4 Å². The molecule has 1 amide bonds. The Morgan fingerprint density at radius 3 is 2.65 bits per heavy atom. The summed E-state index contributed by atoms with van der Waals surface area (Å²) in [6, 6.07) is 4.36. The second-order valence-electron chi connectivity index (χ2n) is 6.31. The number of hydrogen-bond acceptors (Lipinski definition) is 4. The molecule has 5 heteroatoms. The lowest BCUT2D eigenvalue weighted by Crippen LogP contribution is -2.44. The van der Waals surface area contributed by atoms with Gasteiger partial charge >= 0.3 is 6.09 Å². The summed E-state index contributed by atoms with van der Waals surface area (Å²) in [5.74, 6) is 0.587. The summed E-state index contributed by atoms with van der Waals surface area (Å²) in [7, 11) is 0. The maximum atomic E-state index is 11.8. The first-order valence-electron chi connectivity index (χ1n) is 7.23. The summed E-state index contributed by atoms with van der Waals surface area (Å²) >= 11 is 1.73. The molecule has 1 unspecified atom stereocenters. The summed E-state index contributed by atoms with van der Waals surface area (Å²) in [4.78, 5) is 13.0. The monoisotopic (exact) mass is 296 g/mol. The van der Waals surface area contributed by atoms with E-state index in [4.69, 9.17) is 4.74 Å². The maximum absolute atomic E-state index is 11.8. The highest BCUT2D eigenvalue weighted by atomic mass is 32.1. The molecule has 1 heterocycles. The fourth-order valence-electron chi connectivity index (χ4n) is 2.62. The summed E-state index contributed by atoms with van der Waals surface area (Å²) in [5, 5.41) is 2.08. The van der Waals surface area contributed by atoms with Gasteiger partial charge in [0.25, 0.3) is 0 Å². The van der Waals surface area contributed by atoms with Gasteiger partial charge in [0.15, 0.2) is 0 Å². The molecule has 0 aliphatic heterocycles. The molecule has 0 radical (unpaired) electrons. The van der Waals surface area contributed by atoms with Gasteiger partial charge in [0.2, 0.25) is 0 Å². The lowest BCUT2D eigenvalue weighted by molar-refractivity contribution is 0.0480. The first-order valence-corrected chi connectivity index (χ1v) is 8.11. The minimum absolute atomic E-state index is 0.185. The largest absolute Gasteiger partial charge is 0.443 e. The molecule has 0 spiro atoms. The molecule has 2 rings (SSSR count). The number of amides is 1. The third-order valence-corrected chi connectivity index (χ3v) is 4.40. The number of rotatable bonds is 4. The molecule has 1 aliphatic carbocycles. The van der Waals surface area contributed by atoms with Crippen molar-refractivity contribution in [1.29, 1.82) is 0 Å². The molecule has 0 bridgehead atoms. The number of nitrogens with one attached hydrogen (secondary N) is 2. The van der Waals surface area contributed by atoms with E-state index in [1.54, 1.807) is 11.3 Å². The van der Waals surface area contributed by atoms with Gasteiger partial charge in [-0.1, -0.05) is 18.9 Å². The van der Waals surface area contributed by atoms with Gasteiger partial charge in [-0.25, -0.2) is 10.2 Å². The van der Waals surface area contributed by atoms with Gasteiger partial charge in [-0.15, -0.1) is 11.3 Å². The van der Waals surface area contributed by atoms with Crippen molar-refractivity contribution in [3.8, 4) is 0 Å². The third-order valence-electron chi connectivity index (χ3n) is 3.45. The Kier molecular flexibility index (Phi) is 5.05. The Bertz CT molecular complexity index is 420. The van der Waals surface area contributed by atoms with Crippen molar-refractivity contribution in [2.75, 3.05) is 0 Å². The van der Waals surface area contributed by atoms with Crippen molar-refractivity contribution in [1.82, 2.24) is 10.9 Å². The van der Waals surface area contributed by atoms with Gasteiger partial charge in [0.05, 0.1) is 6.04 Å². The van der Waals surface area contributed by atoms with Gasteiger partial charge in [-0.2, -0.15) is 0 Å². The van der Waals surface area contributed by atoms with Crippen molar-refractivity contribution >= 4 is 17.4 Å². The number of ether oxygens (including phenoxy) is 1. The Morgan fingerprint density at radius 2 is 2.10 bits per heavy atom. The molecule has 0 aromatic carbocycles. The smallest absolute Gasteiger partial charge is 0.422 e. The number of carbonyl (C=O) groups is 1. The molecular formula is C15H24N2O2S. The molecule has 2 N–H and O–H groups in total. The zero-order chi connectivity index (χ0) is 14.6. The van der Waals surface area contributed by atoms with Crippen LogP contribution in [0.25, 0.3) is 0 Å². The van der Waals surface area contributed by atoms with Gasteiger partial charge in [0, 0.05) is 4.88 Å². The summed E-state index contributed by atoms with van der Waals surface area (Å²) < 4.78 is 5.26. The second-order valence-corrected chi connectivity index (χ2v) is 7.29. The van der Waals surface area contributed by atoms with Gasteiger partial charge in [0.1, 0.15) is 5.60 Å².